The van der Waals surface area contributed by atoms with Gasteiger partial charge in [0.1, 0.15) is 0 Å². The van der Waals surface area contributed by atoms with Crippen LogP contribution in [0.5, 0.6) is 0 Å². The molecule has 0 bridgehead atoms. The smallest absolute Gasteiger partial charge is 0.0795 e. The summed E-state index contributed by atoms with van der Waals surface area (Å²) in [7, 11) is 0. The highest BCUT2D eigenvalue weighted by Gasteiger charge is 2.16. The van der Waals surface area contributed by atoms with Crippen LogP contribution in [0.2, 0.25) is 0 Å². The Morgan fingerprint density at radius 1 is 1.17 bits per heavy atom. The summed E-state index contributed by atoms with van der Waals surface area (Å²) in [5, 5.41) is 9.57. The third-order valence-corrected chi connectivity index (χ3v) is 2.27. The predicted molar refractivity (Wildman–Crippen MR) is 49.7 cm³/mol. The molecule has 1 nitrogen and oxygen atoms in total. The highest BCUT2D eigenvalue weighted by molar-refractivity contribution is 5.70. The van der Waals surface area contributed by atoms with E-state index in [9.17, 15) is 5.11 Å². The van der Waals surface area contributed by atoms with Gasteiger partial charge in [0.05, 0.1) is 6.10 Å². The molecule has 0 saturated carbocycles. The Morgan fingerprint density at radius 3 is 2.50 bits per heavy atom. The summed E-state index contributed by atoms with van der Waals surface area (Å²) in [5.74, 6) is 0. The van der Waals surface area contributed by atoms with Crippen molar-refractivity contribution in [3.8, 4) is 0 Å². The Morgan fingerprint density at radius 2 is 1.92 bits per heavy atom. The van der Waals surface area contributed by atoms with Crippen molar-refractivity contribution in [2.75, 3.05) is 0 Å². The van der Waals surface area contributed by atoms with Crippen molar-refractivity contribution in [1.82, 2.24) is 0 Å². The lowest BCUT2D eigenvalue weighted by atomic mass is 10.0. The lowest BCUT2D eigenvalue weighted by Gasteiger charge is -2.07. The first-order valence-electron chi connectivity index (χ1n) is 4.31. The molecular formula is C11H12O. The second-order valence-corrected chi connectivity index (χ2v) is 3.12. The molecule has 0 heterocycles. The quantitative estimate of drug-likeness (QED) is 0.668. The Labute approximate surface area is 72.4 Å². The summed E-state index contributed by atoms with van der Waals surface area (Å²) in [5.41, 5.74) is 2.25. The van der Waals surface area contributed by atoms with Crippen molar-refractivity contribution in [3.05, 3.63) is 42.0 Å². The fraction of sp³-hybridized carbons (Fsp3) is 0.273. The molecule has 0 radical (unpaired) electrons. The van der Waals surface area contributed by atoms with Crippen LogP contribution >= 0.6 is 0 Å². The van der Waals surface area contributed by atoms with Crippen LogP contribution in [0.3, 0.4) is 0 Å². The molecule has 1 aromatic carbocycles. The van der Waals surface area contributed by atoms with Crippen LogP contribution in [0.15, 0.2) is 36.4 Å². The minimum absolute atomic E-state index is 0.243. The van der Waals surface area contributed by atoms with Gasteiger partial charge in [-0.15, -0.1) is 0 Å². The maximum Gasteiger partial charge on any atom is 0.0795 e. The van der Waals surface area contributed by atoms with Crippen LogP contribution in [-0.4, -0.2) is 11.2 Å². The molecule has 1 heteroatoms. The summed E-state index contributed by atoms with van der Waals surface area (Å²) in [6.45, 7) is 0. The molecule has 0 amide bonds. The van der Waals surface area contributed by atoms with E-state index in [1.807, 2.05) is 30.3 Å². The van der Waals surface area contributed by atoms with Gasteiger partial charge in [0.25, 0.3) is 0 Å². The molecule has 1 N–H and O–H groups in total. The van der Waals surface area contributed by atoms with Crippen LogP contribution < -0.4 is 0 Å². The van der Waals surface area contributed by atoms with E-state index in [-0.39, 0.29) is 6.10 Å². The monoisotopic (exact) mass is 160 g/mol. The molecule has 62 valence electrons. The fourth-order valence-electron chi connectivity index (χ4n) is 1.63. The Kier molecular flexibility index (Phi) is 1.96. The van der Waals surface area contributed by atoms with Gasteiger partial charge in [-0.2, -0.15) is 0 Å². The Hall–Kier alpha value is -1.08. The molecule has 1 atom stereocenters. The molecule has 12 heavy (non-hydrogen) atoms. The second kappa shape index (κ2) is 3.11. The standard InChI is InChI=1S/C11H12O/c12-11-8-4-7-10(11)9-5-2-1-3-6-9/h1-3,5-7,11-12H,4,8H2/t11-/m0/s1. The number of rotatable bonds is 1. The van der Waals surface area contributed by atoms with Crippen LogP contribution in [0.4, 0.5) is 0 Å². The van der Waals surface area contributed by atoms with Crippen LogP contribution in [0, 0.1) is 0 Å². The van der Waals surface area contributed by atoms with Gasteiger partial charge in [0.15, 0.2) is 0 Å². The lowest BCUT2D eigenvalue weighted by molar-refractivity contribution is 0.231. The number of aliphatic hydroxyl groups excluding tert-OH is 1. The van der Waals surface area contributed by atoms with E-state index >= 15 is 0 Å². The van der Waals surface area contributed by atoms with Crippen molar-refractivity contribution in [1.29, 1.82) is 0 Å². The SMILES string of the molecule is O[C@H]1CCC=C1c1ccccc1. The lowest BCUT2D eigenvalue weighted by Crippen LogP contribution is -2.02. The van der Waals surface area contributed by atoms with E-state index in [0.717, 1.165) is 24.0 Å². The van der Waals surface area contributed by atoms with Crippen molar-refractivity contribution >= 4 is 5.57 Å². The number of benzene rings is 1. The molecule has 0 saturated heterocycles. The predicted octanol–water partition coefficient (Wildman–Crippen LogP) is 2.22. The van der Waals surface area contributed by atoms with E-state index in [1.165, 1.54) is 0 Å². The number of hydrogen-bond acceptors (Lipinski definition) is 1. The number of allylic oxidation sites excluding steroid dienone is 1. The minimum Gasteiger partial charge on any atom is -0.388 e. The Bertz CT molecular complexity index is 287. The van der Waals surface area contributed by atoms with Gasteiger partial charge in [-0.05, 0) is 24.0 Å². The van der Waals surface area contributed by atoms with Gasteiger partial charge in [0.2, 0.25) is 0 Å². The molecule has 1 aliphatic carbocycles. The number of aliphatic hydroxyl groups is 1. The van der Waals surface area contributed by atoms with Crippen LogP contribution in [0.25, 0.3) is 5.57 Å². The zero-order chi connectivity index (χ0) is 8.39. The molecule has 0 fully saturated rings. The van der Waals surface area contributed by atoms with E-state index in [0.29, 0.717) is 0 Å². The highest BCUT2D eigenvalue weighted by atomic mass is 16.3. The third-order valence-electron chi connectivity index (χ3n) is 2.27. The summed E-state index contributed by atoms with van der Waals surface area (Å²) in [6.07, 6.45) is 3.77. The molecule has 0 aliphatic heterocycles. The molecule has 0 unspecified atom stereocenters. The van der Waals surface area contributed by atoms with Crippen molar-refractivity contribution in [3.63, 3.8) is 0 Å². The average molecular weight is 160 g/mol. The normalized spacial score (nSPS) is 22.4. The topological polar surface area (TPSA) is 20.2 Å². The third kappa shape index (κ3) is 1.28. The second-order valence-electron chi connectivity index (χ2n) is 3.12. The summed E-state index contributed by atoms with van der Waals surface area (Å²) >= 11 is 0. The summed E-state index contributed by atoms with van der Waals surface area (Å²) < 4.78 is 0. The molecule has 2 rings (SSSR count). The van der Waals surface area contributed by atoms with Gasteiger partial charge < -0.3 is 5.11 Å². The van der Waals surface area contributed by atoms with Crippen molar-refractivity contribution in [2.24, 2.45) is 0 Å². The van der Waals surface area contributed by atoms with Gasteiger partial charge >= 0.3 is 0 Å². The van der Waals surface area contributed by atoms with E-state index in [4.69, 9.17) is 0 Å². The molecule has 1 aromatic rings. The molecule has 1 aliphatic rings. The average Bonchev–Trinajstić information content (AvgIpc) is 2.53. The fourth-order valence-corrected chi connectivity index (χ4v) is 1.63. The highest BCUT2D eigenvalue weighted by Crippen LogP contribution is 2.27. The van der Waals surface area contributed by atoms with E-state index < -0.39 is 0 Å². The first-order chi connectivity index (χ1) is 5.88. The maximum atomic E-state index is 9.57. The van der Waals surface area contributed by atoms with Gasteiger partial charge in [-0.25, -0.2) is 0 Å². The zero-order valence-corrected chi connectivity index (χ0v) is 6.90. The first kappa shape index (κ1) is 7.56. The largest absolute Gasteiger partial charge is 0.388 e. The first-order valence-corrected chi connectivity index (χ1v) is 4.31. The van der Waals surface area contributed by atoms with Crippen molar-refractivity contribution < 1.29 is 5.11 Å². The molecular weight excluding hydrogens is 148 g/mol. The van der Waals surface area contributed by atoms with Crippen molar-refractivity contribution in [2.45, 2.75) is 18.9 Å². The van der Waals surface area contributed by atoms with Gasteiger partial charge in [-0.1, -0.05) is 36.4 Å². The van der Waals surface area contributed by atoms with Gasteiger partial charge in [-0.3, -0.25) is 0 Å². The number of hydrogen-bond donors (Lipinski definition) is 1. The zero-order valence-electron chi connectivity index (χ0n) is 6.90. The molecule has 0 spiro atoms. The summed E-state index contributed by atoms with van der Waals surface area (Å²) in [6, 6.07) is 10.1. The Balaban J connectivity index is 2.31. The van der Waals surface area contributed by atoms with Crippen LogP contribution in [0.1, 0.15) is 18.4 Å². The molecule has 0 aromatic heterocycles. The summed E-state index contributed by atoms with van der Waals surface area (Å²) in [4.78, 5) is 0. The van der Waals surface area contributed by atoms with E-state index in [1.54, 1.807) is 0 Å². The van der Waals surface area contributed by atoms with Gasteiger partial charge in [0, 0.05) is 0 Å². The maximum absolute atomic E-state index is 9.57. The van der Waals surface area contributed by atoms with Crippen LogP contribution in [-0.2, 0) is 0 Å². The minimum atomic E-state index is -0.243. The van der Waals surface area contributed by atoms with E-state index in [2.05, 4.69) is 6.08 Å².